The monoisotopic (exact) mass is 375 g/mol. The average Bonchev–Trinajstić information content (AvgIpc) is 2.62. The number of ether oxygens (including phenoxy) is 2. The Bertz CT molecular complexity index is 772. The van der Waals surface area contributed by atoms with Crippen molar-refractivity contribution in [3.05, 3.63) is 64.2 Å². The fourth-order valence-electron chi connectivity index (χ4n) is 2.14. The van der Waals surface area contributed by atoms with Crippen LogP contribution >= 0.6 is 11.6 Å². The summed E-state index contributed by atoms with van der Waals surface area (Å²) in [6.07, 6.45) is 0.140. The van der Waals surface area contributed by atoms with E-state index in [1.54, 1.807) is 49.4 Å². The number of rotatable bonds is 7. The molecule has 0 fully saturated rings. The van der Waals surface area contributed by atoms with E-state index >= 15 is 0 Å². The number of halogens is 1. The summed E-state index contributed by atoms with van der Waals surface area (Å²) in [6.45, 7) is 5.83. The molecule has 1 amide bonds. The van der Waals surface area contributed by atoms with E-state index in [0.29, 0.717) is 22.9 Å². The van der Waals surface area contributed by atoms with Gasteiger partial charge in [0.2, 0.25) is 0 Å². The fraction of sp³-hybridized carbons (Fsp3) is 0.300. The van der Waals surface area contributed by atoms with Crippen molar-refractivity contribution < 1.29 is 19.1 Å². The lowest BCUT2D eigenvalue weighted by atomic mass is 10.1. The second-order valence-corrected chi connectivity index (χ2v) is 6.50. The van der Waals surface area contributed by atoms with E-state index in [2.05, 4.69) is 5.32 Å². The SMILES string of the molecule is Cc1c(Cl)cccc1NC(=O)COC(=O)c1ccc(COC(C)C)cc1. The van der Waals surface area contributed by atoms with Crippen LogP contribution in [0.15, 0.2) is 42.5 Å². The van der Waals surface area contributed by atoms with Crippen LogP contribution in [0.4, 0.5) is 5.69 Å². The van der Waals surface area contributed by atoms with Gasteiger partial charge in [-0.25, -0.2) is 4.79 Å². The second-order valence-electron chi connectivity index (χ2n) is 6.09. The molecule has 2 rings (SSSR count). The molecule has 0 aliphatic heterocycles. The number of nitrogens with one attached hydrogen (secondary N) is 1. The number of carbonyl (C=O) groups excluding carboxylic acids is 2. The number of anilines is 1. The Hall–Kier alpha value is -2.37. The molecule has 0 bridgehead atoms. The van der Waals surface area contributed by atoms with Gasteiger partial charge in [0.1, 0.15) is 0 Å². The Morgan fingerprint density at radius 1 is 1.12 bits per heavy atom. The van der Waals surface area contributed by atoms with Crippen LogP contribution in [0.5, 0.6) is 0 Å². The molecule has 0 saturated carbocycles. The lowest BCUT2D eigenvalue weighted by Gasteiger charge is -2.10. The van der Waals surface area contributed by atoms with Crippen LogP contribution < -0.4 is 5.32 Å². The third-order valence-electron chi connectivity index (χ3n) is 3.65. The summed E-state index contributed by atoms with van der Waals surface area (Å²) < 4.78 is 10.6. The van der Waals surface area contributed by atoms with Crippen molar-refractivity contribution in [1.29, 1.82) is 0 Å². The van der Waals surface area contributed by atoms with E-state index in [4.69, 9.17) is 21.1 Å². The highest BCUT2D eigenvalue weighted by molar-refractivity contribution is 6.31. The molecule has 0 unspecified atom stereocenters. The Morgan fingerprint density at radius 3 is 2.46 bits per heavy atom. The normalized spacial score (nSPS) is 10.7. The smallest absolute Gasteiger partial charge is 0.338 e. The van der Waals surface area contributed by atoms with Gasteiger partial charge in [-0.3, -0.25) is 4.79 Å². The molecule has 26 heavy (non-hydrogen) atoms. The minimum absolute atomic E-state index is 0.140. The van der Waals surface area contributed by atoms with Gasteiger partial charge in [-0.1, -0.05) is 29.8 Å². The van der Waals surface area contributed by atoms with Gasteiger partial charge in [-0.05, 0) is 56.2 Å². The van der Waals surface area contributed by atoms with E-state index in [0.717, 1.165) is 11.1 Å². The van der Waals surface area contributed by atoms with Crippen LogP contribution in [0.2, 0.25) is 5.02 Å². The van der Waals surface area contributed by atoms with Gasteiger partial charge in [-0.2, -0.15) is 0 Å². The number of esters is 1. The molecule has 0 radical (unpaired) electrons. The molecule has 0 aliphatic rings. The molecule has 2 aromatic carbocycles. The molecule has 0 heterocycles. The molecule has 0 saturated heterocycles. The van der Waals surface area contributed by atoms with E-state index in [1.807, 2.05) is 13.8 Å². The largest absolute Gasteiger partial charge is 0.452 e. The number of carbonyl (C=O) groups is 2. The molecule has 1 N–H and O–H groups in total. The summed E-state index contributed by atoms with van der Waals surface area (Å²) in [4.78, 5) is 24.0. The highest BCUT2D eigenvalue weighted by Gasteiger charge is 2.12. The van der Waals surface area contributed by atoms with Crippen LogP contribution in [0.3, 0.4) is 0 Å². The first-order chi connectivity index (χ1) is 12.4. The zero-order valence-corrected chi connectivity index (χ0v) is 15.8. The third-order valence-corrected chi connectivity index (χ3v) is 4.06. The zero-order valence-electron chi connectivity index (χ0n) is 15.0. The highest BCUT2D eigenvalue weighted by Crippen LogP contribution is 2.22. The van der Waals surface area contributed by atoms with E-state index in [-0.39, 0.29) is 12.7 Å². The van der Waals surface area contributed by atoms with Crippen molar-refractivity contribution in [2.75, 3.05) is 11.9 Å². The molecule has 0 atom stereocenters. The summed E-state index contributed by atoms with van der Waals surface area (Å²) in [5.41, 5.74) is 2.69. The minimum atomic E-state index is -0.556. The van der Waals surface area contributed by atoms with Crippen molar-refractivity contribution >= 4 is 29.2 Å². The second kappa shape index (κ2) is 9.36. The highest BCUT2D eigenvalue weighted by atomic mass is 35.5. The molecule has 138 valence electrons. The topological polar surface area (TPSA) is 64.6 Å². The van der Waals surface area contributed by atoms with Crippen LogP contribution in [0.1, 0.15) is 35.3 Å². The predicted octanol–water partition coefficient (Wildman–Crippen LogP) is 4.37. The Labute approximate surface area is 158 Å². The van der Waals surface area contributed by atoms with Gasteiger partial charge >= 0.3 is 5.97 Å². The first-order valence-electron chi connectivity index (χ1n) is 8.29. The average molecular weight is 376 g/mol. The van der Waals surface area contributed by atoms with E-state index in [1.165, 1.54) is 0 Å². The Kier molecular flexibility index (Phi) is 7.18. The molecule has 5 nitrogen and oxygen atoms in total. The van der Waals surface area contributed by atoms with Crippen molar-refractivity contribution in [3.63, 3.8) is 0 Å². The van der Waals surface area contributed by atoms with Crippen LogP contribution in [-0.4, -0.2) is 24.6 Å². The Morgan fingerprint density at radius 2 is 1.81 bits per heavy atom. The van der Waals surface area contributed by atoms with Gasteiger partial charge in [0.05, 0.1) is 18.3 Å². The molecule has 2 aromatic rings. The zero-order chi connectivity index (χ0) is 19.1. The number of benzene rings is 2. The summed E-state index contributed by atoms with van der Waals surface area (Å²) in [7, 11) is 0. The number of hydrogen-bond donors (Lipinski definition) is 1. The van der Waals surface area contributed by atoms with Crippen molar-refractivity contribution in [1.82, 2.24) is 0 Å². The number of hydrogen-bond acceptors (Lipinski definition) is 4. The standard InChI is InChI=1S/C20H22ClNO4/c1-13(2)25-11-15-7-9-16(10-8-15)20(24)26-12-19(23)22-18-6-4-5-17(21)14(18)3/h4-10,13H,11-12H2,1-3H3,(H,22,23). The number of amides is 1. The van der Waals surface area contributed by atoms with E-state index < -0.39 is 11.9 Å². The van der Waals surface area contributed by atoms with Gasteiger partial charge in [0.25, 0.3) is 5.91 Å². The van der Waals surface area contributed by atoms with Crippen molar-refractivity contribution in [2.45, 2.75) is 33.5 Å². The molecule has 0 aromatic heterocycles. The van der Waals surface area contributed by atoms with E-state index in [9.17, 15) is 9.59 Å². The minimum Gasteiger partial charge on any atom is -0.452 e. The summed E-state index contributed by atoms with van der Waals surface area (Å²) in [5.74, 6) is -0.982. The maximum Gasteiger partial charge on any atom is 0.338 e. The molecular weight excluding hydrogens is 354 g/mol. The van der Waals surface area contributed by atoms with Crippen LogP contribution in [0.25, 0.3) is 0 Å². The van der Waals surface area contributed by atoms with Gasteiger partial charge < -0.3 is 14.8 Å². The van der Waals surface area contributed by atoms with Crippen molar-refractivity contribution in [3.8, 4) is 0 Å². The summed E-state index contributed by atoms with van der Waals surface area (Å²) in [6, 6.07) is 12.1. The Balaban J connectivity index is 1.85. The summed E-state index contributed by atoms with van der Waals surface area (Å²) >= 11 is 6.01. The molecule has 0 spiro atoms. The maximum atomic E-state index is 12.0. The maximum absolute atomic E-state index is 12.0. The molecule has 0 aliphatic carbocycles. The molecular formula is C20H22ClNO4. The van der Waals surface area contributed by atoms with Gasteiger partial charge in [-0.15, -0.1) is 0 Å². The van der Waals surface area contributed by atoms with Crippen LogP contribution in [0, 0.1) is 6.92 Å². The molecule has 6 heteroatoms. The lowest BCUT2D eigenvalue weighted by molar-refractivity contribution is -0.119. The van der Waals surface area contributed by atoms with Crippen molar-refractivity contribution in [2.24, 2.45) is 0 Å². The van der Waals surface area contributed by atoms with Crippen LogP contribution in [-0.2, 0) is 20.9 Å². The van der Waals surface area contributed by atoms with Gasteiger partial charge in [0.15, 0.2) is 6.61 Å². The van der Waals surface area contributed by atoms with Gasteiger partial charge in [0, 0.05) is 10.7 Å². The first kappa shape index (κ1) is 19.9. The fourth-order valence-corrected chi connectivity index (χ4v) is 2.32. The summed E-state index contributed by atoms with van der Waals surface area (Å²) in [5, 5.41) is 3.23. The third kappa shape index (κ3) is 5.86. The quantitative estimate of drug-likeness (QED) is 0.730. The predicted molar refractivity (Wildman–Crippen MR) is 101 cm³/mol. The first-order valence-corrected chi connectivity index (χ1v) is 8.67. The lowest BCUT2D eigenvalue weighted by Crippen LogP contribution is -2.21.